The molecule has 0 aliphatic carbocycles. The van der Waals surface area contributed by atoms with Gasteiger partial charge in [-0.2, -0.15) is 0 Å². The summed E-state index contributed by atoms with van der Waals surface area (Å²) >= 11 is 0. The van der Waals surface area contributed by atoms with Crippen molar-refractivity contribution in [3.05, 3.63) is 0 Å². The quantitative estimate of drug-likeness (QED) is 0.612. The van der Waals surface area contributed by atoms with E-state index in [1.54, 1.807) is 6.41 Å². The van der Waals surface area contributed by atoms with Crippen molar-refractivity contribution < 1.29 is 9.59 Å². The highest BCUT2D eigenvalue weighted by Crippen LogP contribution is 2.12. The van der Waals surface area contributed by atoms with Gasteiger partial charge in [-0.25, -0.2) is 4.79 Å². The molecule has 0 spiro atoms. The molecule has 0 bridgehead atoms. The van der Waals surface area contributed by atoms with E-state index >= 15 is 0 Å². The van der Waals surface area contributed by atoms with E-state index in [0.717, 1.165) is 30.8 Å². The largest absolute Gasteiger partial charge is 0.341 e. The van der Waals surface area contributed by atoms with Crippen molar-refractivity contribution in [2.24, 2.45) is 5.92 Å². The molecule has 1 rings (SSSR count). The normalized spacial score (nSPS) is 17.5. The molecular formula is C9H16N3O2. The Morgan fingerprint density at radius 2 is 2.21 bits per heavy atom. The highest BCUT2D eigenvalue weighted by atomic mass is 16.2. The van der Waals surface area contributed by atoms with Crippen LogP contribution in [0.3, 0.4) is 0 Å². The molecule has 79 valence electrons. The maximum absolute atomic E-state index is 11.2. The van der Waals surface area contributed by atoms with Crippen molar-refractivity contribution in [3.63, 3.8) is 0 Å². The minimum atomic E-state index is -0.376. The van der Waals surface area contributed by atoms with Crippen LogP contribution in [-0.2, 0) is 4.79 Å². The summed E-state index contributed by atoms with van der Waals surface area (Å²) in [4.78, 5) is 22.7. The van der Waals surface area contributed by atoms with Gasteiger partial charge in [-0.15, -0.1) is 0 Å². The van der Waals surface area contributed by atoms with Gasteiger partial charge in [0.1, 0.15) is 0 Å². The van der Waals surface area contributed by atoms with Crippen molar-refractivity contribution in [3.8, 4) is 0 Å². The number of nitrogens with zero attached hydrogens (tertiary/aromatic N) is 1. The third kappa shape index (κ3) is 2.99. The van der Waals surface area contributed by atoms with Gasteiger partial charge in [-0.05, 0) is 31.8 Å². The first-order chi connectivity index (χ1) is 6.77. The van der Waals surface area contributed by atoms with Crippen LogP contribution in [0, 0.1) is 5.92 Å². The minimum absolute atomic E-state index is 0.376. The van der Waals surface area contributed by atoms with Crippen LogP contribution in [-0.4, -0.2) is 44.0 Å². The van der Waals surface area contributed by atoms with E-state index in [4.69, 9.17) is 0 Å². The van der Waals surface area contributed by atoms with E-state index in [-0.39, 0.29) is 6.03 Å². The Morgan fingerprint density at radius 3 is 2.71 bits per heavy atom. The fourth-order valence-electron chi connectivity index (χ4n) is 1.62. The number of carbonyl (C=O) groups excluding carboxylic acids is 2. The molecule has 5 nitrogen and oxygen atoms in total. The number of hydrogen-bond donors (Lipinski definition) is 2. The van der Waals surface area contributed by atoms with Crippen LogP contribution in [0.15, 0.2) is 0 Å². The van der Waals surface area contributed by atoms with E-state index in [1.807, 2.05) is 0 Å². The molecule has 1 aliphatic heterocycles. The summed E-state index contributed by atoms with van der Waals surface area (Å²) in [5.41, 5.74) is 0. The zero-order valence-electron chi connectivity index (χ0n) is 8.38. The van der Waals surface area contributed by atoms with Gasteiger partial charge in [0.05, 0.1) is 0 Å². The molecule has 1 heterocycles. The maximum Gasteiger partial charge on any atom is 0.324 e. The topological polar surface area (TPSA) is 61.4 Å². The zero-order valence-corrected chi connectivity index (χ0v) is 8.38. The van der Waals surface area contributed by atoms with Crippen molar-refractivity contribution in [2.75, 3.05) is 26.7 Å². The van der Waals surface area contributed by atoms with Gasteiger partial charge >= 0.3 is 12.4 Å². The Kier molecular flexibility index (Phi) is 4.39. The molecule has 0 aromatic heterocycles. The molecule has 0 aromatic rings. The first-order valence-corrected chi connectivity index (χ1v) is 4.85. The molecule has 0 saturated carbocycles. The molecule has 14 heavy (non-hydrogen) atoms. The van der Waals surface area contributed by atoms with Crippen molar-refractivity contribution in [1.29, 1.82) is 0 Å². The Hall–Kier alpha value is -1.10. The van der Waals surface area contributed by atoms with E-state index < -0.39 is 0 Å². The van der Waals surface area contributed by atoms with E-state index in [0.29, 0.717) is 12.5 Å². The lowest BCUT2D eigenvalue weighted by molar-refractivity contribution is 0.209. The molecule has 5 heteroatoms. The van der Waals surface area contributed by atoms with Gasteiger partial charge in [0.15, 0.2) is 0 Å². The Morgan fingerprint density at radius 1 is 1.57 bits per heavy atom. The third-order valence-electron chi connectivity index (χ3n) is 2.47. The lowest BCUT2D eigenvalue weighted by Crippen LogP contribution is -2.42. The van der Waals surface area contributed by atoms with Crippen molar-refractivity contribution in [2.45, 2.75) is 12.8 Å². The Bertz CT molecular complexity index is 202. The number of imide groups is 1. The predicted octanol–water partition coefficient (Wildman–Crippen LogP) is -0.305. The number of piperidine rings is 1. The summed E-state index contributed by atoms with van der Waals surface area (Å²) in [6.07, 6.45) is 3.67. The fourth-order valence-corrected chi connectivity index (χ4v) is 1.62. The smallest absolute Gasteiger partial charge is 0.324 e. The summed E-state index contributed by atoms with van der Waals surface area (Å²) in [6, 6.07) is -0.376. The van der Waals surface area contributed by atoms with Gasteiger partial charge in [0.25, 0.3) is 0 Å². The SMILES string of the molecule is CNC(=O)N([C]=O)CC1CCNCC1. The van der Waals surface area contributed by atoms with Gasteiger partial charge in [0, 0.05) is 13.6 Å². The van der Waals surface area contributed by atoms with Crippen LogP contribution in [0.5, 0.6) is 0 Å². The number of urea groups is 1. The standard InChI is InChI=1S/C9H16N3O2/c1-10-9(14)12(7-13)6-8-2-4-11-5-3-8/h8,11H,2-6H2,1H3,(H,10,14). The molecule has 0 atom stereocenters. The van der Waals surface area contributed by atoms with Crippen LogP contribution >= 0.6 is 0 Å². The number of hydrogen-bond acceptors (Lipinski definition) is 3. The second kappa shape index (κ2) is 5.59. The predicted molar refractivity (Wildman–Crippen MR) is 52.4 cm³/mol. The summed E-state index contributed by atoms with van der Waals surface area (Å²) < 4.78 is 0. The van der Waals surface area contributed by atoms with Gasteiger partial charge < -0.3 is 10.6 Å². The van der Waals surface area contributed by atoms with Gasteiger partial charge in [-0.3, -0.25) is 9.69 Å². The van der Waals surface area contributed by atoms with E-state index in [9.17, 15) is 9.59 Å². The van der Waals surface area contributed by atoms with Crippen LogP contribution in [0.1, 0.15) is 12.8 Å². The lowest BCUT2D eigenvalue weighted by atomic mass is 9.98. The summed E-state index contributed by atoms with van der Waals surface area (Å²) in [6.45, 7) is 2.40. The van der Waals surface area contributed by atoms with Crippen LogP contribution < -0.4 is 10.6 Å². The average Bonchev–Trinajstić information content (AvgIpc) is 2.26. The maximum atomic E-state index is 11.2. The average molecular weight is 198 g/mol. The van der Waals surface area contributed by atoms with Crippen LogP contribution in [0.25, 0.3) is 0 Å². The third-order valence-corrected chi connectivity index (χ3v) is 2.47. The van der Waals surface area contributed by atoms with Gasteiger partial charge in [-0.1, -0.05) is 0 Å². The molecule has 1 radical (unpaired) electrons. The Balaban J connectivity index is 2.38. The molecule has 1 fully saturated rings. The number of amides is 3. The minimum Gasteiger partial charge on any atom is -0.341 e. The second-order valence-electron chi connectivity index (χ2n) is 3.45. The van der Waals surface area contributed by atoms with Crippen molar-refractivity contribution in [1.82, 2.24) is 15.5 Å². The number of nitrogens with one attached hydrogen (secondary N) is 2. The first kappa shape index (κ1) is 11.0. The van der Waals surface area contributed by atoms with Crippen LogP contribution in [0.2, 0.25) is 0 Å². The zero-order chi connectivity index (χ0) is 10.4. The van der Waals surface area contributed by atoms with E-state index in [2.05, 4.69) is 10.6 Å². The summed E-state index contributed by atoms with van der Waals surface area (Å²) in [5, 5.41) is 5.65. The highest BCUT2D eigenvalue weighted by Gasteiger charge is 2.19. The molecule has 0 unspecified atom stereocenters. The summed E-state index contributed by atoms with van der Waals surface area (Å²) in [5.74, 6) is 0.412. The van der Waals surface area contributed by atoms with Crippen LogP contribution in [0.4, 0.5) is 4.79 Å². The monoisotopic (exact) mass is 198 g/mol. The van der Waals surface area contributed by atoms with E-state index in [1.165, 1.54) is 7.05 Å². The second-order valence-corrected chi connectivity index (χ2v) is 3.45. The van der Waals surface area contributed by atoms with Crippen molar-refractivity contribution >= 4 is 12.4 Å². The molecule has 1 saturated heterocycles. The highest BCUT2D eigenvalue weighted by molar-refractivity contribution is 5.84. The molecule has 2 N–H and O–H groups in total. The molecule has 0 aromatic carbocycles. The first-order valence-electron chi connectivity index (χ1n) is 4.85. The lowest BCUT2D eigenvalue weighted by Gasteiger charge is -2.25. The Labute approximate surface area is 83.8 Å². The molecular weight excluding hydrogens is 182 g/mol. The fraction of sp³-hybridized carbons (Fsp3) is 0.778. The number of rotatable bonds is 3. The van der Waals surface area contributed by atoms with Gasteiger partial charge in [0.2, 0.25) is 0 Å². The molecule has 3 amide bonds. The number of carbonyl (C=O) groups is 1. The molecule has 1 aliphatic rings. The summed E-state index contributed by atoms with van der Waals surface area (Å²) in [7, 11) is 1.51.